The minimum absolute atomic E-state index is 0.0722. The minimum atomic E-state index is -2.82. The van der Waals surface area contributed by atoms with Gasteiger partial charge in [0.1, 0.15) is 22.8 Å². The van der Waals surface area contributed by atoms with Crippen LogP contribution in [-0.2, 0) is 4.79 Å². The van der Waals surface area contributed by atoms with Crippen molar-refractivity contribution in [2.75, 3.05) is 13.7 Å². The Morgan fingerprint density at radius 2 is 2.00 bits per heavy atom. The third kappa shape index (κ3) is 3.65. The molecule has 0 spiro atoms. The number of carbonyl (C=O) groups is 2. The van der Waals surface area contributed by atoms with Crippen LogP contribution in [0.5, 0.6) is 5.75 Å². The molecule has 1 saturated carbocycles. The fraction of sp³-hybridized carbons (Fsp3) is 0.417. The van der Waals surface area contributed by atoms with Crippen LogP contribution in [-0.4, -0.2) is 50.9 Å². The van der Waals surface area contributed by atoms with Crippen molar-refractivity contribution in [2.24, 2.45) is 5.92 Å². The number of likely N-dealkylation sites (tertiary alicyclic amines) is 1. The van der Waals surface area contributed by atoms with Gasteiger partial charge in [-0.05, 0) is 31.0 Å². The summed E-state index contributed by atoms with van der Waals surface area (Å²) >= 11 is 0. The third-order valence-corrected chi connectivity index (χ3v) is 6.74. The lowest BCUT2D eigenvalue weighted by Gasteiger charge is -2.43. The van der Waals surface area contributed by atoms with Crippen molar-refractivity contribution in [3.05, 3.63) is 47.8 Å². The SMILES string of the molecule is COc1ccccc1-c1cc(C(F)F)n2ncc(C(=O)N3CCC(=O)[C@H]4CCCC[C@@H]43)c2n1. The van der Waals surface area contributed by atoms with Crippen LogP contribution in [0.2, 0.25) is 0 Å². The lowest BCUT2D eigenvalue weighted by atomic mass is 9.77. The summed E-state index contributed by atoms with van der Waals surface area (Å²) in [5, 5.41) is 4.08. The number of ether oxygens (including phenoxy) is 1. The predicted molar refractivity (Wildman–Crippen MR) is 116 cm³/mol. The second kappa shape index (κ2) is 8.53. The molecule has 7 nitrogen and oxygen atoms in total. The van der Waals surface area contributed by atoms with Crippen molar-refractivity contribution in [1.82, 2.24) is 19.5 Å². The smallest absolute Gasteiger partial charge is 0.280 e. The molecule has 172 valence electrons. The summed E-state index contributed by atoms with van der Waals surface area (Å²) in [5.41, 5.74) is 0.689. The molecular weight excluding hydrogens is 430 g/mol. The lowest BCUT2D eigenvalue weighted by Crippen LogP contribution is -2.53. The minimum Gasteiger partial charge on any atom is -0.496 e. The van der Waals surface area contributed by atoms with Crippen LogP contribution in [0.25, 0.3) is 16.9 Å². The molecule has 5 rings (SSSR count). The number of Topliss-reactive ketones (excluding diaryl/α,β-unsaturated/α-hetero) is 1. The molecular formula is C24H24F2N4O3. The lowest BCUT2D eigenvalue weighted by molar-refractivity contribution is -0.129. The van der Waals surface area contributed by atoms with E-state index in [0.29, 0.717) is 24.3 Å². The maximum Gasteiger partial charge on any atom is 0.280 e. The van der Waals surface area contributed by atoms with Gasteiger partial charge in [-0.15, -0.1) is 0 Å². The molecule has 2 aromatic heterocycles. The van der Waals surface area contributed by atoms with Crippen molar-refractivity contribution in [3.63, 3.8) is 0 Å². The van der Waals surface area contributed by atoms with Gasteiger partial charge in [0.2, 0.25) is 0 Å². The Bertz CT molecular complexity index is 1230. The summed E-state index contributed by atoms with van der Waals surface area (Å²) in [6.45, 7) is 0.323. The molecule has 2 aliphatic rings. The highest BCUT2D eigenvalue weighted by Gasteiger charge is 2.41. The fourth-order valence-electron chi connectivity index (χ4n) is 5.14. The summed E-state index contributed by atoms with van der Waals surface area (Å²) in [6.07, 6.45) is 2.29. The summed E-state index contributed by atoms with van der Waals surface area (Å²) in [7, 11) is 1.50. The molecule has 0 unspecified atom stereocenters. The van der Waals surface area contributed by atoms with Crippen LogP contribution in [0.1, 0.15) is 54.6 Å². The number of fused-ring (bicyclic) bond motifs is 2. The van der Waals surface area contributed by atoms with Gasteiger partial charge in [0.25, 0.3) is 12.3 Å². The number of piperidine rings is 1. The van der Waals surface area contributed by atoms with Crippen molar-refractivity contribution in [3.8, 4) is 17.0 Å². The number of para-hydroxylation sites is 1. The van der Waals surface area contributed by atoms with Gasteiger partial charge in [0.15, 0.2) is 5.65 Å². The normalized spacial score (nSPS) is 20.8. The zero-order chi connectivity index (χ0) is 23.1. The third-order valence-electron chi connectivity index (χ3n) is 6.74. The molecule has 0 bridgehead atoms. The van der Waals surface area contributed by atoms with Gasteiger partial charge in [-0.3, -0.25) is 9.59 Å². The molecule has 1 aliphatic heterocycles. The van der Waals surface area contributed by atoms with Crippen molar-refractivity contribution in [2.45, 2.75) is 44.6 Å². The topological polar surface area (TPSA) is 76.8 Å². The van der Waals surface area contributed by atoms with E-state index in [0.717, 1.165) is 30.2 Å². The second-order valence-electron chi connectivity index (χ2n) is 8.53. The highest BCUT2D eigenvalue weighted by Crippen LogP contribution is 2.36. The number of amides is 1. The van der Waals surface area contributed by atoms with E-state index in [1.807, 2.05) is 0 Å². The molecule has 1 aliphatic carbocycles. The molecule has 3 aromatic rings. The van der Waals surface area contributed by atoms with E-state index in [-0.39, 0.29) is 46.2 Å². The molecule has 1 aromatic carbocycles. The number of methoxy groups -OCH3 is 1. The van der Waals surface area contributed by atoms with Crippen molar-refractivity contribution < 1.29 is 23.1 Å². The van der Waals surface area contributed by atoms with Crippen LogP contribution < -0.4 is 4.74 Å². The Kier molecular flexibility index (Phi) is 5.55. The maximum atomic E-state index is 14.0. The van der Waals surface area contributed by atoms with Gasteiger partial charge in [-0.25, -0.2) is 18.3 Å². The zero-order valence-electron chi connectivity index (χ0n) is 18.2. The zero-order valence-corrected chi connectivity index (χ0v) is 18.2. The highest BCUT2D eigenvalue weighted by molar-refractivity contribution is 6.01. The Balaban J connectivity index is 1.61. The van der Waals surface area contributed by atoms with Gasteiger partial charge >= 0.3 is 0 Å². The standard InChI is InChI=1S/C24H24F2N4O3/c1-33-21-9-5-3-6-14(21)17-12-19(22(25)26)30-23(28-17)16(13-27-30)24(32)29-11-10-20(31)15-7-2-4-8-18(15)29/h3,5-6,9,12-13,15,18,22H,2,4,7-8,10-11H2,1H3/t15-,18-/m0/s1. The Hall–Kier alpha value is -3.36. The van der Waals surface area contributed by atoms with E-state index in [2.05, 4.69) is 10.1 Å². The first-order chi connectivity index (χ1) is 16.0. The van der Waals surface area contributed by atoms with E-state index in [1.54, 1.807) is 29.2 Å². The number of hydrogen-bond donors (Lipinski definition) is 0. The highest BCUT2D eigenvalue weighted by atomic mass is 19.3. The van der Waals surface area contributed by atoms with Crippen LogP contribution in [0.3, 0.4) is 0 Å². The molecule has 1 saturated heterocycles. The number of nitrogens with zero attached hydrogens (tertiary/aromatic N) is 4. The van der Waals surface area contributed by atoms with E-state index in [1.165, 1.54) is 19.4 Å². The monoisotopic (exact) mass is 454 g/mol. The van der Waals surface area contributed by atoms with Crippen LogP contribution in [0, 0.1) is 5.92 Å². The maximum absolute atomic E-state index is 14.0. The van der Waals surface area contributed by atoms with Gasteiger partial charge in [-0.2, -0.15) is 5.10 Å². The molecule has 33 heavy (non-hydrogen) atoms. The van der Waals surface area contributed by atoms with E-state index in [4.69, 9.17) is 4.74 Å². The van der Waals surface area contributed by atoms with Crippen molar-refractivity contribution >= 4 is 17.3 Å². The largest absolute Gasteiger partial charge is 0.496 e. The number of alkyl halides is 2. The number of halogens is 2. The first kappa shape index (κ1) is 21.5. The molecule has 0 radical (unpaired) electrons. The average molecular weight is 454 g/mol. The number of carbonyl (C=O) groups excluding carboxylic acids is 2. The number of aromatic nitrogens is 3. The van der Waals surface area contributed by atoms with E-state index >= 15 is 0 Å². The molecule has 1 amide bonds. The molecule has 9 heteroatoms. The van der Waals surface area contributed by atoms with Crippen molar-refractivity contribution in [1.29, 1.82) is 0 Å². The fourth-order valence-corrected chi connectivity index (χ4v) is 5.14. The predicted octanol–water partition coefficient (Wildman–Crippen LogP) is 4.32. The van der Waals surface area contributed by atoms with Gasteiger partial charge in [0.05, 0.1) is 19.0 Å². The summed E-state index contributed by atoms with van der Waals surface area (Å²) in [5.74, 6) is 0.230. The van der Waals surface area contributed by atoms with Gasteiger partial charge in [-0.1, -0.05) is 25.0 Å². The van der Waals surface area contributed by atoms with E-state index in [9.17, 15) is 18.4 Å². The van der Waals surface area contributed by atoms with E-state index < -0.39 is 6.43 Å². The Morgan fingerprint density at radius 1 is 1.21 bits per heavy atom. The summed E-state index contributed by atoms with van der Waals surface area (Å²) in [6, 6.07) is 8.11. The van der Waals surface area contributed by atoms with Crippen LogP contribution >= 0.6 is 0 Å². The van der Waals surface area contributed by atoms with Crippen LogP contribution in [0.4, 0.5) is 8.78 Å². The summed E-state index contributed by atoms with van der Waals surface area (Å²) in [4.78, 5) is 32.3. The van der Waals surface area contributed by atoms with Gasteiger partial charge < -0.3 is 9.64 Å². The quantitative estimate of drug-likeness (QED) is 0.587. The first-order valence-corrected chi connectivity index (χ1v) is 11.1. The number of benzene rings is 1. The molecule has 2 fully saturated rings. The van der Waals surface area contributed by atoms with Crippen LogP contribution in [0.15, 0.2) is 36.5 Å². The van der Waals surface area contributed by atoms with Gasteiger partial charge in [0, 0.05) is 30.5 Å². The number of hydrogen-bond acceptors (Lipinski definition) is 5. The first-order valence-electron chi connectivity index (χ1n) is 11.1. The number of ketones is 1. The Labute approximate surface area is 189 Å². The molecule has 2 atom stereocenters. The summed E-state index contributed by atoms with van der Waals surface area (Å²) < 4.78 is 34.3. The molecule has 0 N–H and O–H groups in total. The molecule has 3 heterocycles. The average Bonchev–Trinajstić information content (AvgIpc) is 3.27. The second-order valence-corrected chi connectivity index (χ2v) is 8.53. The Morgan fingerprint density at radius 3 is 2.79 bits per heavy atom. The number of rotatable bonds is 4.